The van der Waals surface area contributed by atoms with Gasteiger partial charge in [0.15, 0.2) is 0 Å². The van der Waals surface area contributed by atoms with E-state index in [1.807, 2.05) is 62.4 Å². The number of urea groups is 1. The predicted octanol–water partition coefficient (Wildman–Crippen LogP) is 3.23. The minimum absolute atomic E-state index is 0.0706. The van der Waals surface area contributed by atoms with E-state index < -0.39 is 6.04 Å². The van der Waals surface area contributed by atoms with E-state index in [0.29, 0.717) is 13.0 Å². The molecule has 0 radical (unpaired) electrons. The minimum Gasteiger partial charge on any atom is -0.326 e. The average molecular weight is 323 g/mol. The molecule has 0 aliphatic carbocycles. The molecular weight excluding hydrogens is 302 g/mol. The SMILES string of the molecule is Cc1ccc(N2CCC(NC(=O)Nc3ccccc3C)C2=O)cc1. The number of carbonyl (C=O) groups excluding carboxylic acids is 2. The Bertz CT molecular complexity index is 755. The lowest BCUT2D eigenvalue weighted by Gasteiger charge is -2.18. The van der Waals surface area contributed by atoms with Crippen molar-refractivity contribution in [3.8, 4) is 0 Å². The van der Waals surface area contributed by atoms with Crippen molar-refractivity contribution in [3.63, 3.8) is 0 Å². The molecule has 1 unspecified atom stereocenters. The first-order chi connectivity index (χ1) is 11.5. The molecule has 0 bridgehead atoms. The number of aryl methyl sites for hydroxylation is 2. The van der Waals surface area contributed by atoms with Gasteiger partial charge in [0.25, 0.3) is 0 Å². The fourth-order valence-electron chi connectivity index (χ4n) is 2.82. The van der Waals surface area contributed by atoms with Crippen molar-refractivity contribution in [2.75, 3.05) is 16.8 Å². The Morgan fingerprint density at radius 2 is 1.79 bits per heavy atom. The molecule has 1 saturated heterocycles. The van der Waals surface area contributed by atoms with Gasteiger partial charge in [0.2, 0.25) is 5.91 Å². The lowest BCUT2D eigenvalue weighted by atomic mass is 10.2. The van der Waals surface area contributed by atoms with Crippen LogP contribution < -0.4 is 15.5 Å². The third-order valence-electron chi connectivity index (χ3n) is 4.25. The van der Waals surface area contributed by atoms with Gasteiger partial charge >= 0.3 is 6.03 Å². The number of para-hydroxylation sites is 1. The van der Waals surface area contributed by atoms with E-state index in [2.05, 4.69) is 10.6 Å². The van der Waals surface area contributed by atoms with Gasteiger partial charge in [-0.2, -0.15) is 0 Å². The molecule has 1 aliphatic rings. The van der Waals surface area contributed by atoms with Gasteiger partial charge in [-0.25, -0.2) is 4.79 Å². The Balaban J connectivity index is 1.62. The second kappa shape index (κ2) is 6.74. The lowest BCUT2D eigenvalue weighted by Crippen LogP contribution is -2.43. The maximum atomic E-state index is 12.5. The van der Waals surface area contributed by atoms with E-state index in [1.54, 1.807) is 4.90 Å². The van der Waals surface area contributed by atoms with Crippen molar-refractivity contribution in [1.29, 1.82) is 0 Å². The Labute approximate surface area is 141 Å². The summed E-state index contributed by atoms with van der Waals surface area (Å²) in [5.74, 6) is -0.0706. The topological polar surface area (TPSA) is 61.4 Å². The standard InChI is InChI=1S/C19H21N3O2/c1-13-7-9-15(10-8-13)22-12-11-17(18(22)23)21-19(24)20-16-6-4-3-5-14(16)2/h3-10,17H,11-12H2,1-2H3,(H2,20,21,24). The summed E-state index contributed by atoms with van der Waals surface area (Å²) in [4.78, 5) is 26.4. The number of hydrogen-bond donors (Lipinski definition) is 2. The molecule has 5 heteroatoms. The van der Waals surface area contributed by atoms with E-state index in [-0.39, 0.29) is 11.9 Å². The molecule has 1 atom stereocenters. The summed E-state index contributed by atoms with van der Waals surface area (Å²) in [6.07, 6.45) is 0.605. The summed E-state index contributed by atoms with van der Waals surface area (Å²) in [5, 5.41) is 5.57. The molecule has 2 aromatic carbocycles. The van der Waals surface area contributed by atoms with Crippen LogP contribution in [0.25, 0.3) is 0 Å². The molecule has 0 aromatic heterocycles. The van der Waals surface area contributed by atoms with Crippen LogP contribution in [0.4, 0.5) is 16.2 Å². The fraction of sp³-hybridized carbons (Fsp3) is 0.263. The van der Waals surface area contributed by atoms with Gasteiger partial charge in [-0.1, -0.05) is 35.9 Å². The largest absolute Gasteiger partial charge is 0.326 e. The van der Waals surface area contributed by atoms with Crippen LogP contribution in [0.3, 0.4) is 0 Å². The molecule has 3 rings (SSSR count). The van der Waals surface area contributed by atoms with Crippen LogP contribution in [0.1, 0.15) is 17.5 Å². The second-order valence-electron chi connectivity index (χ2n) is 6.08. The summed E-state index contributed by atoms with van der Waals surface area (Å²) in [7, 11) is 0. The summed E-state index contributed by atoms with van der Waals surface area (Å²) < 4.78 is 0. The van der Waals surface area contributed by atoms with Crippen molar-refractivity contribution in [2.45, 2.75) is 26.3 Å². The highest BCUT2D eigenvalue weighted by Crippen LogP contribution is 2.22. The number of carbonyl (C=O) groups is 2. The number of rotatable bonds is 3. The van der Waals surface area contributed by atoms with E-state index in [4.69, 9.17) is 0 Å². The normalized spacial score (nSPS) is 17.0. The zero-order valence-electron chi connectivity index (χ0n) is 13.9. The maximum absolute atomic E-state index is 12.5. The maximum Gasteiger partial charge on any atom is 0.319 e. The van der Waals surface area contributed by atoms with Gasteiger partial charge in [0.1, 0.15) is 6.04 Å². The molecule has 1 fully saturated rings. The molecule has 3 amide bonds. The van der Waals surface area contributed by atoms with Gasteiger partial charge < -0.3 is 15.5 Å². The van der Waals surface area contributed by atoms with Crippen molar-refractivity contribution >= 4 is 23.3 Å². The first kappa shape index (κ1) is 16.1. The molecule has 24 heavy (non-hydrogen) atoms. The van der Waals surface area contributed by atoms with Gasteiger partial charge in [-0.15, -0.1) is 0 Å². The fourth-order valence-corrected chi connectivity index (χ4v) is 2.82. The average Bonchev–Trinajstić information content (AvgIpc) is 2.91. The Morgan fingerprint density at radius 3 is 2.50 bits per heavy atom. The minimum atomic E-state index is -0.490. The summed E-state index contributed by atoms with van der Waals surface area (Å²) >= 11 is 0. The highest BCUT2D eigenvalue weighted by Gasteiger charge is 2.33. The number of hydrogen-bond acceptors (Lipinski definition) is 2. The zero-order valence-corrected chi connectivity index (χ0v) is 13.9. The highest BCUT2D eigenvalue weighted by molar-refractivity contribution is 6.02. The molecular formula is C19H21N3O2. The number of anilines is 2. The van der Waals surface area contributed by atoms with Crippen molar-refractivity contribution in [1.82, 2.24) is 5.32 Å². The van der Waals surface area contributed by atoms with Crippen molar-refractivity contribution < 1.29 is 9.59 Å². The molecule has 124 valence electrons. The van der Waals surface area contributed by atoms with Crippen LogP contribution in [0.5, 0.6) is 0 Å². The Hall–Kier alpha value is -2.82. The molecule has 0 spiro atoms. The molecule has 1 aliphatic heterocycles. The van der Waals surface area contributed by atoms with Crippen LogP contribution in [0.15, 0.2) is 48.5 Å². The third kappa shape index (κ3) is 3.40. The first-order valence-corrected chi connectivity index (χ1v) is 8.06. The van der Waals surface area contributed by atoms with Crippen LogP contribution in [0.2, 0.25) is 0 Å². The van der Waals surface area contributed by atoms with Crippen molar-refractivity contribution in [3.05, 3.63) is 59.7 Å². The quantitative estimate of drug-likeness (QED) is 0.911. The Morgan fingerprint density at radius 1 is 1.08 bits per heavy atom. The predicted molar refractivity (Wildman–Crippen MR) is 95.3 cm³/mol. The van der Waals surface area contributed by atoms with E-state index in [0.717, 1.165) is 22.5 Å². The monoisotopic (exact) mass is 323 g/mol. The van der Waals surface area contributed by atoms with Gasteiger partial charge in [-0.05, 0) is 44.0 Å². The van der Waals surface area contributed by atoms with E-state index in [1.165, 1.54) is 0 Å². The van der Waals surface area contributed by atoms with Crippen LogP contribution in [0, 0.1) is 13.8 Å². The Kier molecular flexibility index (Phi) is 4.51. The summed E-state index contributed by atoms with van der Waals surface area (Å²) in [6, 6.07) is 14.5. The van der Waals surface area contributed by atoms with E-state index >= 15 is 0 Å². The highest BCUT2D eigenvalue weighted by atomic mass is 16.2. The molecule has 1 heterocycles. The summed E-state index contributed by atoms with van der Waals surface area (Å²) in [5.41, 5.74) is 3.74. The second-order valence-corrected chi connectivity index (χ2v) is 6.08. The molecule has 2 N–H and O–H groups in total. The smallest absolute Gasteiger partial charge is 0.319 e. The molecule has 5 nitrogen and oxygen atoms in total. The lowest BCUT2D eigenvalue weighted by molar-refractivity contribution is -0.118. The number of nitrogens with one attached hydrogen (secondary N) is 2. The number of nitrogens with zero attached hydrogens (tertiary/aromatic N) is 1. The first-order valence-electron chi connectivity index (χ1n) is 8.06. The van der Waals surface area contributed by atoms with Gasteiger partial charge in [0, 0.05) is 17.9 Å². The van der Waals surface area contributed by atoms with Crippen LogP contribution in [-0.4, -0.2) is 24.5 Å². The number of amides is 3. The van der Waals surface area contributed by atoms with Gasteiger partial charge in [0.05, 0.1) is 0 Å². The van der Waals surface area contributed by atoms with Crippen LogP contribution >= 0.6 is 0 Å². The molecule has 2 aromatic rings. The van der Waals surface area contributed by atoms with Gasteiger partial charge in [-0.3, -0.25) is 4.79 Å². The molecule has 0 saturated carbocycles. The summed E-state index contributed by atoms with van der Waals surface area (Å²) in [6.45, 7) is 4.54. The number of benzene rings is 2. The van der Waals surface area contributed by atoms with Crippen molar-refractivity contribution in [2.24, 2.45) is 0 Å². The van der Waals surface area contributed by atoms with E-state index in [9.17, 15) is 9.59 Å². The zero-order chi connectivity index (χ0) is 17.1. The van der Waals surface area contributed by atoms with Crippen LogP contribution in [-0.2, 0) is 4.79 Å². The third-order valence-corrected chi connectivity index (χ3v) is 4.25.